The van der Waals surface area contributed by atoms with E-state index in [1.165, 1.54) is 4.90 Å². The first-order valence-electron chi connectivity index (χ1n) is 12.5. The van der Waals surface area contributed by atoms with Crippen molar-refractivity contribution in [3.63, 3.8) is 0 Å². The normalized spacial score (nSPS) is 11.1. The van der Waals surface area contributed by atoms with Crippen LogP contribution in [-0.4, -0.2) is 57.4 Å². The number of carbonyl (C=O) groups is 3. The van der Waals surface area contributed by atoms with Crippen LogP contribution >= 0.6 is 0 Å². The lowest BCUT2D eigenvalue weighted by Gasteiger charge is -2.33. The van der Waals surface area contributed by atoms with Gasteiger partial charge in [0, 0.05) is 36.2 Å². The van der Waals surface area contributed by atoms with Crippen LogP contribution in [0.3, 0.4) is 0 Å². The maximum atomic E-state index is 13.0. The predicted octanol–water partition coefficient (Wildman–Crippen LogP) is 6.51. The lowest BCUT2D eigenvalue weighted by Crippen LogP contribution is -2.42. The second-order valence-corrected chi connectivity index (χ2v) is 8.59. The van der Waals surface area contributed by atoms with Crippen LogP contribution in [-0.2, 0) is 0 Å². The van der Waals surface area contributed by atoms with Crippen LogP contribution in [0.15, 0.2) is 106 Å². The summed E-state index contributed by atoms with van der Waals surface area (Å²) in [6, 6.07) is 25.7. The third kappa shape index (κ3) is 7.78. The van der Waals surface area contributed by atoms with Gasteiger partial charge in [-0.3, -0.25) is 14.7 Å². The van der Waals surface area contributed by atoms with Crippen molar-refractivity contribution in [2.75, 3.05) is 27.8 Å². The molecular weight excluding hydrogens is 492 g/mol. The van der Waals surface area contributed by atoms with Crippen LogP contribution in [0.25, 0.3) is 0 Å². The van der Waals surface area contributed by atoms with Crippen LogP contribution in [0.5, 0.6) is 0 Å². The smallest absolute Gasteiger partial charge is 0.293 e. The summed E-state index contributed by atoms with van der Waals surface area (Å²) in [5.74, 6) is 0. The number of para-hydroxylation sites is 3. The van der Waals surface area contributed by atoms with E-state index < -0.39 is 18.1 Å². The van der Waals surface area contributed by atoms with Gasteiger partial charge >= 0.3 is 18.1 Å². The molecule has 39 heavy (non-hydrogen) atoms. The molecule has 6 amide bonds. The first kappa shape index (κ1) is 28.6. The molecule has 1 atom stereocenters. The Morgan fingerprint density at radius 1 is 0.564 bits per heavy atom. The molecule has 0 radical (unpaired) electrons. The summed E-state index contributed by atoms with van der Waals surface area (Å²) in [5.41, 5.74) is 2.03. The van der Waals surface area contributed by atoms with Crippen molar-refractivity contribution < 1.29 is 14.4 Å². The molecule has 0 N–H and O–H groups in total. The van der Waals surface area contributed by atoms with Crippen molar-refractivity contribution in [1.82, 2.24) is 0 Å². The largest absolute Gasteiger partial charge is 0.347 e. The molecular formula is C30H32N6O3. The van der Waals surface area contributed by atoms with Crippen LogP contribution < -0.4 is 14.7 Å². The molecule has 3 rings (SSSR count). The summed E-state index contributed by atoms with van der Waals surface area (Å²) < 4.78 is 0. The number of urea groups is 3. The zero-order chi connectivity index (χ0) is 28.0. The fraction of sp³-hybridized carbons (Fsp3) is 0.200. The van der Waals surface area contributed by atoms with Gasteiger partial charge < -0.3 is 0 Å². The van der Waals surface area contributed by atoms with Gasteiger partial charge in [0.2, 0.25) is 0 Å². The Morgan fingerprint density at radius 3 is 1.41 bits per heavy atom. The van der Waals surface area contributed by atoms with E-state index in [2.05, 4.69) is 35.1 Å². The summed E-state index contributed by atoms with van der Waals surface area (Å²) >= 11 is 0. The number of benzene rings is 3. The van der Waals surface area contributed by atoms with Gasteiger partial charge in [-0.25, -0.2) is 29.4 Å². The van der Waals surface area contributed by atoms with Crippen LogP contribution in [0.1, 0.15) is 19.3 Å². The summed E-state index contributed by atoms with van der Waals surface area (Å²) in [7, 11) is 0. The van der Waals surface area contributed by atoms with E-state index in [-0.39, 0.29) is 12.6 Å². The highest BCUT2D eigenvalue weighted by Gasteiger charge is 2.27. The molecule has 0 bridgehead atoms. The molecule has 0 saturated carbocycles. The monoisotopic (exact) mass is 524 g/mol. The number of hydrogen-bond donors (Lipinski definition) is 0. The SMILES string of the molecule is C=NC(=O)N(CCCC(CCN(C(=O)N=C)c1ccccc1)N(C(=O)N=C)c1ccccc1)c1ccccc1. The number of rotatable bonds is 11. The fourth-order valence-electron chi connectivity index (χ4n) is 4.36. The molecule has 0 heterocycles. The van der Waals surface area contributed by atoms with E-state index >= 15 is 0 Å². The Bertz CT molecular complexity index is 1270. The van der Waals surface area contributed by atoms with Gasteiger partial charge in [-0.05, 0) is 75.8 Å². The Kier molecular flexibility index (Phi) is 10.8. The van der Waals surface area contributed by atoms with E-state index in [9.17, 15) is 14.4 Å². The topological polar surface area (TPSA) is 98.0 Å². The predicted molar refractivity (Wildman–Crippen MR) is 159 cm³/mol. The van der Waals surface area contributed by atoms with Crippen molar-refractivity contribution >= 4 is 55.3 Å². The highest BCUT2D eigenvalue weighted by molar-refractivity contribution is 5.96. The van der Waals surface area contributed by atoms with Crippen molar-refractivity contribution in [1.29, 1.82) is 0 Å². The van der Waals surface area contributed by atoms with Crippen molar-refractivity contribution in [2.24, 2.45) is 15.0 Å². The quantitative estimate of drug-likeness (QED) is 0.268. The zero-order valence-corrected chi connectivity index (χ0v) is 21.8. The number of hydrogen-bond acceptors (Lipinski definition) is 3. The van der Waals surface area contributed by atoms with Crippen LogP contribution in [0, 0.1) is 0 Å². The van der Waals surface area contributed by atoms with E-state index in [1.807, 2.05) is 91.0 Å². The molecule has 0 aromatic heterocycles. The molecule has 0 spiro atoms. The van der Waals surface area contributed by atoms with Gasteiger partial charge in [0.1, 0.15) is 0 Å². The molecule has 200 valence electrons. The Hall–Kier alpha value is -4.92. The molecule has 9 nitrogen and oxygen atoms in total. The minimum absolute atomic E-state index is 0.274. The molecule has 3 aromatic carbocycles. The lowest BCUT2D eigenvalue weighted by atomic mass is 10.0. The maximum Gasteiger partial charge on any atom is 0.347 e. The highest BCUT2D eigenvalue weighted by Crippen LogP contribution is 2.25. The Morgan fingerprint density at radius 2 is 0.974 bits per heavy atom. The summed E-state index contributed by atoms with van der Waals surface area (Å²) in [5, 5.41) is 0. The average molecular weight is 525 g/mol. The maximum absolute atomic E-state index is 13.0. The first-order chi connectivity index (χ1) is 19.0. The molecule has 9 heteroatoms. The van der Waals surface area contributed by atoms with Crippen LogP contribution in [0.4, 0.5) is 31.4 Å². The van der Waals surface area contributed by atoms with Crippen molar-refractivity contribution in [3.05, 3.63) is 91.0 Å². The van der Waals surface area contributed by atoms with Gasteiger partial charge in [0.15, 0.2) is 0 Å². The number of aliphatic imine (C=N–C) groups is 3. The Labute approximate surface area is 228 Å². The summed E-state index contributed by atoms with van der Waals surface area (Å²) in [6.07, 6.45) is 1.45. The number of amides is 6. The van der Waals surface area contributed by atoms with Gasteiger partial charge in [0.25, 0.3) is 0 Å². The summed E-state index contributed by atoms with van der Waals surface area (Å²) in [4.78, 5) is 53.8. The van der Waals surface area contributed by atoms with Crippen molar-refractivity contribution in [2.45, 2.75) is 25.3 Å². The minimum atomic E-state index is -0.505. The van der Waals surface area contributed by atoms with E-state index in [4.69, 9.17) is 0 Å². The number of carbonyl (C=O) groups excluding carboxylic acids is 3. The van der Waals surface area contributed by atoms with Gasteiger partial charge in [0.05, 0.1) is 0 Å². The second kappa shape index (κ2) is 14.7. The van der Waals surface area contributed by atoms with Gasteiger partial charge in [-0.1, -0.05) is 54.6 Å². The third-order valence-electron chi connectivity index (χ3n) is 6.21. The average Bonchev–Trinajstić information content (AvgIpc) is 3.00. The molecule has 0 aliphatic heterocycles. The molecule has 3 aromatic rings. The minimum Gasteiger partial charge on any atom is -0.293 e. The van der Waals surface area contributed by atoms with Crippen LogP contribution in [0.2, 0.25) is 0 Å². The number of nitrogens with zero attached hydrogens (tertiary/aromatic N) is 6. The van der Waals surface area contributed by atoms with E-state index in [0.717, 1.165) is 0 Å². The zero-order valence-electron chi connectivity index (χ0n) is 21.8. The molecule has 1 unspecified atom stereocenters. The van der Waals surface area contributed by atoms with E-state index in [0.29, 0.717) is 42.9 Å². The molecule has 0 aliphatic rings. The van der Waals surface area contributed by atoms with Gasteiger partial charge in [-0.2, -0.15) is 0 Å². The summed E-state index contributed by atoms with van der Waals surface area (Å²) in [6.45, 7) is 10.9. The standard InChI is InChI=1S/C30H32N6O3/c1-31-28(37)34(24-14-7-4-8-15-24)22-13-20-27(36(30(39)33-3)26-18-11-6-12-19-26)21-23-35(29(38)32-2)25-16-9-5-10-17-25/h4-12,14-19,27H,1-3,13,20-23H2. The molecule has 0 saturated heterocycles. The molecule has 0 fully saturated rings. The Balaban J connectivity index is 1.88. The molecule has 0 aliphatic carbocycles. The second-order valence-electron chi connectivity index (χ2n) is 8.59. The highest BCUT2D eigenvalue weighted by atomic mass is 16.2. The first-order valence-corrected chi connectivity index (χ1v) is 12.5. The lowest BCUT2D eigenvalue weighted by molar-refractivity contribution is 0.249. The van der Waals surface area contributed by atoms with Crippen molar-refractivity contribution in [3.8, 4) is 0 Å². The van der Waals surface area contributed by atoms with Gasteiger partial charge in [-0.15, -0.1) is 0 Å². The number of anilines is 3. The fourth-order valence-corrected chi connectivity index (χ4v) is 4.36. The van der Waals surface area contributed by atoms with E-state index in [1.54, 1.807) is 9.80 Å². The third-order valence-corrected chi connectivity index (χ3v) is 6.21.